The smallest absolute Gasteiger partial charge is 0.235 e. The first kappa shape index (κ1) is 19.5. The van der Waals surface area contributed by atoms with Crippen LogP contribution >= 0.6 is 13.0 Å². The molecule has 0 aliphatic heterocycles. The van der Waals surface area contributed by atoms with Gasteiger partial charge in [-0.05, 0) is 63.4 Å². The van der Waals surface area contributed by atoms with Gasteiger partial charge in [-0.2, -0.15) is 0 Å². The Kier molecular flexibility index (Phi) is 8.25. The van der Waals surface area contributed by atoms with Gasteiger partial charge in [0.1, 0.15) is 10.9 Å². The molecular formula is C12H23NO4P2S2. The highest BCUT2D eigenvalue weighted by molar-refractivity contribution is 8.14. The van der Waals surface area contributed by atoms with Gasteiger partial charge in [-0.1, -0.05) is 0 Å². The van der Waals surface area contributed by atoms with Gasteiger partial charge in [-0.25, -0.2) is 0 Å². The zero-order chi connectivity index (χ0) is 15.9. The van der Waals surface area contributed by atoms with Crippen LogP contribution in [0.25, 0.3) is 0 Å². The van der Waals surface area contributed by atoms with Crippen molar-refractivity contribution in [3.8, 4) is 0 Å². The Labute approximate surface area is 137 Å². The van der Waals surface area contributed by atoms with E-state index in [9.17, 15) is 0 Å². The lowest BCUT2D eigenvalue weighted by Gasteiger charge is -2.21. The Hall–Kier alpha value is 0.420. The van der Waals surface area contributed by atoms with Gasteiger partial charge in [0.2, 0.25) is 13.0 Å². The summed E-state index contributed by atoms with van der Waals surface area (Å²) in [5.41, 5.74) is 1.48. The normalized spacial score (nSPS) is 12.8. The first-order valence-electron chi connectivity index (χ1n) is 6.94. The van der Waals surface area contributed by atoms with E-state index in [4.69, 9.17) is 41.7 Å². The van der Waals surface area contributed by atoms with Crippen molar-refractivity contribution >= 4 is 47.5 Å². The van der Waals surface area contributed by atoms with E-state index in [2.05, 4.69) is 4.98 Å². The van der Waals surface area contributed by atoms with E-state index in [1.807, 2.05) is 39.8 Å². The van der Waals surface area contributed by atoms with Crippen LogP contribution in [0.2, 0.25) is 0 Å². The molecule has 5 nitrogen and oxygen atoms in total. The summed E-state index contributed by atoms with van der Waals surface area (Å²) < 4.78 is 22.7. The van der Waals surface area contributed by atoms with Crippen LogP contribution in [0.3, 0.4) is 0 Å². The van der Waals surface area contributed by atoms with Gasteiger partial charge in [-0.3, -0.25) is 0 Å². The highest BCUT2D eigenvalue weighted by Crippen LogP contribution is 2.49. The lowest BCUT2D eigenvalue weighted by molar-refractivity contribution is 0.274. The minimum Gasteiger partial charge on any atom is -0.346 e. The van der Waals surface area contributed by atoms with E-state index in [1.54, 1.807) is 0 Å². The molecule has 0 bridgehead atoms. The molecule has 0 amide bonds. The van der Waals surface area contributed by atoms with Gasteiger partial charge in [0.25, 0.3) is 0 Å². The average molecular weight is 371 g/mol. The highest BCUT2D eigenvalue weighted by atomic mass is 32.5. The largest absolute Gasteiger partial charge is 0.346 e. The van der Waals surface area contributed by atoms with Crippen LogP contribution in [-0.2, 0) is 41.7 Å². The summed E-state index contributed by atoms with van der Waals surface area (Å²) in [7, 11) is 0. The van der Waals surface area contributed by atoms with Crippen LogP contribution in [0, 0.1) is 0 Å². The van der Waals surface area contributed by atoms with E-state index in [1.165, 1.54) is 0 Å². The third-order valence-electron chi connectivity index (χ3n) is 2.44. The topological polar surface area (TPSA) is 52.7 Å². The van der Waals surface area contributed by atoms with Gasteiger partial charge in [-0.15, -0.1) is 0 Å². The molecule has 1 aromatic heterocycles. The minimum atomic E-state index is -2.52. The Morgan fingerprint density at radius 1 is 0.762 bits per heavy atom. The zero-order valence-electron chi connectivity index (χ0n) is 12.8. The van der Waals surface area contributed by atoms with Crippen LogP contribution in [-0.4, -0.2) is 31.4 Å². The summed E-state index contributed by atoms with van der Waals surface area (Å²) in [5, 5.41) is 0. The summed E-state index contributed by atoms with van der Waals surface area (Å²) >= 11 is 11.1. The third-order valence-corrected chi connectivity index (χ3v) is 8.98. The van der Waals surface area contributed by atoms with E-state index >= 15 is 0 Å². The second-order valence-electron chi connectivity index (χ2n) is 3.89. The fourth-order valence-electron chi connectivity index (χ4n) is 1.72. The molecule has 0 saturated carbocycles. The molecule has 0 aromatic carbocycles. The molecule has 0 aliphatic carbocycles. The number of hydrogen-bond acceptors (Lipinski definition) is 6. The van der Waals surface area contributed by atoms with E-state index in [-0.39, 0.29) is 0 Å². The maximum Gasteiger partial charge on any atom is 0.235 e. The van der Waals surface area contributed by atoms with Gasteiger partial charge in [0, 0.05) is 0 Å². The summed E-state index contributed by atoms with van der Waals surface area (Å²) in [5.74, 6) is 0. The van der Waals surface area contributed by atoms with Crippen molar-refractivity contribution in [2.75, 3.05) is 26.4 Å². The first-order valence-corrected chi connectivity index (χ1v) is 12.2. The Morgan fingerprint density at radius 3 is 1.29 bits per heavy atom. The molecular weight excluding hydrogens is 348 g/mol. The molecule has 0 radical (unpaired) electrons. The van der Waals surface area contributed by atoms with E-state index in [0.717, 1.165) is 10.9 Å². The number of hydrogen-bond donors (Lipinski definition) is 1. The van der Waals surface area contributed by atoms with Crippen LogP contribution in [0.4, 0.5) is 0 Å². The predicted octanol–water partition coefficient (Wildman–Crippen LogP) is 3.03. The molecule has 122 valence electrons. The Balaban J connectivity index is 3.13. The monoisotopic (exact) mass is 371 g/mol. The predicted molar refractivity (Wildman–Crippen MR) is 95.1 cm³/mol. The van der Waals surface area contributed by atoms with Crippen LogP contribution in [0.5, 0.6) is 0 Å². The van der Waals surface area contributed by atoms with Crippen molar-refractivity contribution in [1.82, 2.24) is 4.98 Å². The summed E-state index contributed by atoms with van der Waals surface area (Å²) in [4.78, 5) is 3.22. The summed E-state index contributed by atoms with van der Waals surface area (Å²) in [6.45, 7) is 4.54. The van der Waals surface area contributed by atoms with E-state index < -0.39 is 13.0 Å². The fourth-order valence-corrected chi connectivity index (χ4v) is 6.81. The lowest BCUT2D eigenvalue weighted by atomic mass is 10.7. The Morgan fingerprint density at radius 2 is 1.05 bits per heavy atom. The van der Waals surface area contributed by atoms with Gasteiger partial charge >= 0.3 is 0 Å². The average Bonchev–Trinajstić information content (AvgIpc) is 2.90. The van der Waals surface area contributed by atoms with Crippen molar-refractivity contribution in [1.29, 1.82) is 0 Å². The quantitative estimate of drug-likeness (QED) is 0.638. The second-order valence-corrected chi connectivity index (χ2v) is 10.8. The van der Waals surface area contributed by atoms with Crippen LogP contribution in [0.1, 0.15) is 27.7 Å². The van der Waals surface area contributed by atoms with E-state index in [0.29, 0.717) is 26.4 Å². The van der Waals surface area contributed by atoms with Gasteiger partial charge < -0.3 is 23.1 Å². The van der Waals surface area contributed by atoms with Crippen molar-refractivity contribution in [3.63, 3.8) is 0 Å². The maximum atomic E-state index is 5.67. The van der Waals surface area contributed by atoms with Gasteiger partial charge in [0.15, 0.2) is 0 Å². The summed E-state index contributed by atoms with van der Waals surface area (Å²) in [6, 6.07) is 3.72. The molecule has 21 heavy (non-hydrogen) atoms. The Bertz CT molecular complexity index is 471. The zero-order valence-corrected chi connectivity index (χ0v) is 16.2. The standard InChI is InChI=1S/C12H23NO4P2S2/c1-5-14-18(20,15-6-2)11-9-10-12(13-11)19(21,16-7-3)17-8-4/h9-10,13H,5-8H2,1-4H3. The molecule has 1 heterocycles. The summed E-state index contributed by atoms with van der Waals surface area (Å²) in [6.07, 6.45) is 0. The highest BCUT2D eigenvalue weighted by Gasteiger charge is 2.28. The maximum absolute atomic E-state index is 5.67. The number of rotatable bonds is 10. The molecule has 1 aromatic rings. The first-order chi connectivity index (χ1) is 9.95. The minimum absolute atomic E-state index is 0.497. The molecule has 9 heteroatoms. The molecule has 0 spiro atoms. The molecule has 0 unspecified atom stereocenters. The third kappa shape index (κ3) is 4.95. The number of aromatic nitrogens is 1. The van der Waals surface area contributed by atoms with Crippen molar-refractivity contribution in [2.45, 2.75) is 27.7 Å². The molecule has 0 fully saturated rings. The van der Waals surface area contributed by atoms with Crippen LogP contribution < -0.4 is 10.9 Å². The molecule has 1 rings (SSSR count). The number of nitrogens with one attached hydrogen (secondary N) is 1. The van der Waals surface area contributed by atoms with Crippen LogP contribution in [0.15, 0.2) is 12.1 Å². The SMILES string of the molecule is CCOP(=S)(OCC)c1ccc(P(=S)(OCC)OCC)[nH]1. The molecule has 1 N–H and O–H groups in total. The van der Waals surface area contributed by atoms with Crippen molar-refractivity contribution < 1.29 is 18.1 Å². The molecule has 0 saturated heterocycles. The molecule has 0 aliphatic rings. The lowest BCUT2D eigenvalue weighted by Crippen LogP contribution is -2.17. The number of H-pyrrole nitrogens is 1. The van der Waals surface area contributed by atoms with Gasteiger partial charge in [0.05, 0.1) is 26.4 Å². The second kappa shape index (κ2) is 8.90. The molecule has 0 atom stereocenters. The number of aromatic amines is 1. The van der Waals surface area contributed by atoms with Crippen molar-refractivity contribution in [2.24, 2.45) is 0 Å². The van der Waals surface area contributed by atoms with Crippen molar-refractivity contribution in [3.05, 3.63) is 12.1 Å². The fraction of sp³-hybridized carbons (Fsp3) is 0.667.